The van der Waals surface area contributed by atoms with Crippen molar-refractivity contribution in [2.75, 3.05) is 0 Å². The first kappa shape index (κ1) is 42.3. The summed E-state index contributed by atoms with van der Waals surface area (Å²) in [5.41, 5.74) is 3.99. The summed E-state index contributed by atoms with van der Waals surface area (Å²) in [4.78, 5) is 0. The molecular weight excluding hydrogens is 656 g/mol. The van der Waals surface area contributed by atoms with Crippen molar-refractivity contribution >= 4 is 0 Å². The molecule has 8 atom stereocenters. The summed E-state index contributed by atoms with van der Waals surface area (Å²) in [6, 6.07) is 28.7. The van der Waals surface area contributed by atoms with Gasteiger partial charge in [0, 0.05) is 0 Å². The van der Waals surface area contributed by atoms with Crippen LogP contribution in [-0.4, -0.2) is 65.3 Å². The minimum atomic E-state index is -0.520. The molecule has 0 bridgehead atoms. The number of hydrogen-bond donors (Lipinski definition) is 8. The van der Waals surface area contributed by atoms with Crippen LogP contribution in [-0.2, 0) is 25.7 Å². The van der Waals surface area contributed by atoms with Gasteiger partial charge in [0.1, 0.15) is 23.0 Å². The number of rotatable bonds is 18. The summed E-state index contributed by atoms with van der Waals surface area (Å²) in [5, 5.41) is 79.2. The van der Waals surface area contributed by atoms with Gasteiger partial charge in [-0.05, 0) is 174 Å². The molecule has 0 aliphatic carbocycles. The number of phenols is 4. The van der Waals surface area contributed by atoms with Crippen LogP contribution >= 0.6 is 0 Å². The molecule has 0 spiro atoms. The van der Waals surface area contributed by atoms with Crippen LogP contribution in [0.3, 0.4) is 0 Å². The Morgan fingerprint density at radius 1 is 0.385 bits per heavy atom. The van der Waals surface area contributed by atoms with E-state index in [1.807, 2.05) is 48.5 Å². The average molecular weight is 717 g/mol. The molecule has 52 heavy (non-hydrogen) atoms. The number of benzene rings is 4. The highest BCUT2D eigenvalue weighted by Crippen LogP contribution is 2.32. The third-order valence-corrected chi connectivity index (χ3v) is 9.94. The van der Waals surface area contributed by atoms with Gasteiger partial charge in [-0.1, -0.05) is 48.5 Å². The normalized spacial score (nSPS) is 16.0. The maximum Gasteiger partial charge on any atom is 0.115 e. The Balaban J connectivity index is 0.000000280. The van der Waals surface area contributed by atoms with E-state index in [1.54, 1.807) is 76.2 Å². The second kappa shape index (κ2) is 21.4. The Morgan fingerprint density at radius 3 is 0.885 bits per heavy atom. The van der Waals surface area contributed by atoms with E-state index in [0.29, 0.717) is 25.7 Å². The van der Waals surface area contributed by atoms with Crippen molar-refractivity contribution in [3.05, 3.63) is 119 Å². The van der Waals surface area contributed by atoms with Gasteiger partial charge in [0.2, 0.25) is 0 Å². The van der Waals surface area contributed by atoms with Gasteiger partial charge < -0.3 is 40.9 Å². The van der Waals surface area contributed by atoms with Gasteiger partial charge >= 0.3 is 0 Å². The van der Waals surface area contributed by atoms with Gasteiger partial charge in [0.25, 0.3) is 0 Å². The van der Waals surface area contributed by atoms with E-state index in [4.69, 9.17) is 0 Å². The molecular formula is C44H60O8. The topological polar surface area (TPSA) is 162 Å². The van der Waals surface area contributed by atoms with Crippen molar-refractivity contribution in [1.29, 1.82) is 0 Å². The molecule has 8 nitrogen and oxygen atoms in total. The summed E-state index contributed by atoms with van der Waals surface area (Å²) in [6.07, 6.45) is 3.79. The van der Waals surface area contributed by atoms with Crippen molar-refractivity contribution in [3.8, 4) is 23.0 Å². The molecule has 4 rings (SSSR count). The molecule has 0 radical (unpaired) electrons. The molecule has 0 aliphatic heterocycles. The number of phenolic OH excluding ortho intramolecular Hbond substituents is 4. The summed E-state index contributed by atoms with van der Waals surface area (Å²) < 4.78 is 0. The van der Waals surface area contributed by atoms with E-state index >= 15 is 0 Å². The minimum Gasteiger partial charge on any atom is -0.508 e. The van der Waals surface area contributed by atoms with Crippen molar-refractivity contribution < 1.29 is 40.9 Å². The monoisotopic (exact) mass is 716 g/mol. The second-order valence-electron chi connectivity index (χ2n) is 14.7. The SMILES string of the molecule is C[C@@H](O)CC[C@@H](Cc1cccc(O)c1)[C@H](Cc1cccc(O)c1)[C@@H](C)O.C[C@@H](O)CC[C@H](Cc1cccc(O)c1)[C@@H](Cc1cccc(O)c1)[C@@H](C)O. The van der Waals surface area contributed by atoms with E-state index in [-0.39, 0.29) is 46.7 Å². The fourth-order valence-electron chi connectivity index (χ4n) is 7.19. The first-order chi connectivity index (χ1) is 24.7. The summed E-state index contributed by atoms with van der Waals surface area (Å²) in [5.74, 6) is 1.18. The molecule has 0 saturated carbocycles. The molecule has 0 aromatic heterocycles. The Morgan fingerprint density at radius 2 is 0.654 bits per heavy atom. The van der Waals surface area contributed by atoms with Gasteiger partial charge in [-0.25, -0.2) is 0 Å². The number of aromatic hydroxyl groups is 4. The van der Waals surface area contributed by atoms with E-state index in [0.717, 1.165) is 47.9 Å². The molecule has 4 aromatic rings. The van der Waals surface area contributed by atoms with Crippen molar-refractivity contribution in [2.24, 2.45) is 23.7 Å². The lowest BCUT2D eigenvalue weighted by atomic mass is 9.77. The van der Waals surface area contributed by atoms with E-state index in [1.165, 1.54) is 0 Å². The third-order valence-electron chi connectivity index (χ3n) is 9.94. The quantitative estimate of drug-likeness (QED) is 0.0532. The largest absolute Gasteiger partial charge is 0.508 e. The van der Waals surface area contributed by atoms with Crippen molar-refractivity contribution in [1.82, 2.24) is 0 Å². The van der Waals surface area contributed by atoms with Crippen LogP contribution in [0.1, 0.15) is 75.6 Å². The molecule has 0 unspecified atom stereocenters. The van der Waals surface area contributed by atoms with Crippen LogP contribution in [0.5, 0.6) is 23.0 Å². The first-order valence-electron chi connectivity index (χ1n) is 18.5. The van der Waals surface area contributed by atoms with Gasteiger partial charge in [-0.15, -0.1) is 0 Å². The van der Waals surface area contributed by atoms with E-state index in [2.05, 4.69) is 0 Å². The number of aliphatic hydroxyl groups excluding tert-OH is 4. The van der Waals surface area contributed by atoms with Crippen LogP contribution in [0.2, 0.25) is 0 Å². The average Bonchev–Trinajstić information content (AvgIpc) is 3.06. The smallest absolute Gasteiger partial charge is 0.115 e. The predicted octanol–water partition coefficient (Wildman–Crippen LogP) is 7.31. The Labute approximate surface area is 309 Å². The van der Waals surface area contributed by atoms with Crippen LogP contribution in [0.25, 0.3) is 0 Å². The zero-order valence-corrected chi connectivity index (χ0v) is 31.1. The Hall–Kier alpha value is -4.08. The predicted molar refractivity (Wildman–Crippen MR) is 206 cm³/mol. The molecule has 8 N–H and O–H groups in total. The molecule has 0 aliphatic rings. The lowest BCUT2D eigenvalue weighted by Crippen LogP contribution is -2.30. The molecule has 8 heteroatoms. The van der Waals surface area contributed by atoms with Gasteiger partial charge in [-0.3, -0.25) is 0 Å². The zero-order chi connectivity index (χ0) is 38.2. The molecule has 0 heterocycles. The zero-order valence-electron chi connectivity index (χ0n) is 31.1. The minimum absolute atomic E-state index is 0.0158. The van der Waals surface area contributed by atoms with Gasteiger partial charge in [-0.2, -0.15) is 0 Å². The highest BCUT2D eigenvalue weighted by molar-refractivity contribution is 5.30. The van der Waals surface area contributed by atoms with Crippen LogP contribution in [0.4, 0.5) is 0 Å². The third kappa shape index (κ3) is 15.3. The van der Waals surface area contributed by atoms with Crippen LogP contribution < -0.4 is 0 Å². The number of aliphatic hydroxyl groups is 4. The standard InChI is InChI=1S/2C22H30O4/c2*1-15(23)9-10-19(11-17-5-3-7-20(25)12-17)22(16(2)24)14-18-6-4-8-21(26)13-18/h2*3-8,12-13,15-16,19,22-26H,9-11,14H2,1-2H3/t15-,16-,19+,22-;15-,16-,19-,22+/m11/s1. The molecule has 0 saturated heterocycles. The Bertz CT molecular complexity index is 1480. The highest BCUT2D eigenvalue weighted by atomic mass is 16.3. The van der Waals surface area contributed by atoms with Crippen molar-refractivity contribution in [3.63, 3.8) is 0 Å². The Kier molecular flexibility index (Phi) is 17.5. The summed E-state index contributed by atoms with van der Waals surface area (Å²) >= 11 is 0. The van der Waals surface area contributed by atoms with Crippen molar-refractivity contribution in [2.45, 2.75) is 103 Å². The fourth-order valence-corrected chi connectivity index (χ4v) is 7.19. The van der Waals surface area contributed by atoms with Gasteiger partial charge in [0.15, 0.2) is 0 Å². The fraction of sp³-hybridized carbons (Fsp3) is 0.455. The lowest BCUT2D eigenvalue weighted by Gasteiger charge is -2.30. The first-order valence-corrected chi connectivity index (χ1v) is 18.5. The van der Waals surface area contributed by atoms with E-state index < -0.39 is 24.4 Å². The molecule has 0 fully saturated rings. The summed E-state index contributed by atoms with van der Waals surface area (Å²) in [7, 11) is 0. The molecule has 0 amide bonds. The lowest BCUT2D eigenvalue weighted by molar-refractivity contribution is 0.0750. The van der Waals surface area contributed by atoms with E-state index in [9.17, 15) is 40.9 Å². The number of hydrogen-bond acceptors (Lipinski definition) is 8. The van der Waals surface area contributed by atoms with Crippen LogP contribution in [0.15, 0.2) is 97.1 Å². The second-order valence-corrected chi connectivity index (χ2v) is 14.7. The summed E-state index contributed by atoms with van der Waals surface area (Å²) in [6.45, 7) is 7.15. The van der Waals surface area contributed by atoms with Gasteiger partial charge in [0.05, 0.1) is 24.4 Å². The maximum atomic E-state index is 10.4. The molecule has 284 valence electrons. The highest BCUT2D eigenvalue weighted by Gasteiger charge is 2.28. The van der Waals surface area contributed by atoms with Crippen LogP contribution in [0, 0.1) is 23.7 Å². The molecule has 4 aromatic carbocycles. The maximum absolute atomic E-state index is 10.4.